The molecule has 6 heteroatoms. The first-order chi connectivity index (χ1) is 7.43. The van der Waals surface area contributed by atoms with E-state index in [0.29, 0.717) is 0 Å². The molecule has 2 heterocycles. The van der Waals surface area contributed by atoms with Gasteiger partial charge in [0.1, 0.15) is 12.2 Å². The van der Waals surface area contributed by atoms with Crippen LogP contribution >= 0.6 is 0 Å². The number of aliphatic hydroxyl groups excluding tert-OH is 1. The van der Waals surface area contributed by atoms with E-state index in [1.165, 1.54) is 6.92 Å². The molecule has 0 bridgehead atoms. The van der Waals surface area contributed by atoms with Crippen LogP contribution in [0, 0.1) is 0 Å². The van der Waals surface area contributed by atoms with Crippen LogP contribution in [0.4, 0.5) is 0 Å². The summed E-state index contributed by atoms with van der Waals surface area (Å²) in [6.45, 7) is 4.81. The van der Waals surface area contributed by atoms with Gasteiger partial charge in [-0.3, -0.25) is 4.79 Å². The molecule has 2 N–H and O–H groups in total. The number of aliphatic hydroxyl groups is 1. The molecule has 6 nitrogen and oxygen atoms in total. The minimum absolute atomic E-state index is 0.176. The highest BCUT2D eigenvalue weighted by Crippen LogP contribution is 2.37. The Bertz CT molecular complexity index is 293. The molecule has 92 valence electrons. The monoisotopic (exact) mass is 231 g/mol. The molecule has 0 aromatic carbocycles. The fourth-order valence-electron chi connectivity index (χ4n) is 2.14. The van der Waals surface area contributed by atoms with Gasteiger partial charge in [0.2, 0.25) is 5.91 Å². The fourth-order valence-corrected chi connectivity index (χ4v) is 2.14. The van der Waals surface area contributed by atoms with Gasteiger partial charge >= 0.3 is 0 Å². The van der Waals surface area contributed by atoms with Crippen molar-refractivity contribution in [1.29, 1.82) is 0 Å². The van der Waals surface area contributed by atoms with Crippen LogP contribution in [0.2, 0.25) is 0 Å². The molecule has 0 aromatic rings. The van der Waals surface area contributed by atoms with Crippen LogP contribution in [-0.4, -0.2) is 47.9 Å². The number of hydrogen-bond donors (Lipinski definition) is 2. The normalized spacial score (nSPS) is 40.8. The van der Waals surface area contributed by atoms with E-state index in [9.17, 15) is 4.79 Å². The zero-order chi connectivity index (χ0) is 11.9. The second kappa shape index (κ2) is 3.96. The van der Waals surface area contributed by atoms with Crippen LogP contribution in [0.25, 0.3) is 0 Å². The SMILES string of the molecule is CC(=O)N[C@@H]1[C@H]2OC(C)(C)O[C@@H]2O[C@@H]1CO. The second-order valence-electron chi connectivity index (χ2n) is 4.55. The highest BCUT2D eigenvalue weighted by Gasteiger charge is 2.54. The van der Waals surface area contributed by atoms with Crippen LogP contribution < -0.4 is 5.32 Å². The van der Waals surface area contributed by atoms with E-state index in [1.54, 1.807) is 13.8 Å². The molecule has 16 heavy (non-hydrogen) atoms. The Hall–Kier alpha value is -0.690. The smallest absolute Gasteiger partial charge is 0.217 e. The molecule has 2 saturated heterocycles. The fraction of sp³-hybridized carbons (Fsp3) is 0.900. The number of nitrogens with one attached hydrogen (secondary N) is 1. The van der Waals surface area contributed by atoms with Gasteiger partial charge in [-0.2, -0.15) is 0 Å². The van der Waals surface area contributed by atoms with E-state index in [1.807, 2.05) is 0 Å². The summed E-state index contributed by atoms with van der Waals surface area (Å²) in [6.07, 6.45) is -1.37. The van der Waals surface area contributed by atoms with E-state index >= 15 is 0 Å². The lowest BCUT2D eigenvalue weighted by Gasteiger charge is -2.25. The number of fused-ring (bicyclic) bond motifs is 1. The average Bonchev–Trinajstić information content (AvgIpc) is 2.59. The predicted molar refractivity (Wildman–Crippen MR) is 53.4 cm³/mol. The minimum Gasteiger partial charge on any atom is -0.394 e. The highest BCUT2D eigenvalue weighted by atomic mass is 16.8. The quantitative estimate of drug-likeness (QED) is 0.661. The van der Waals surface area contributed by atoms with E-state index < -0.39 is 18.2 Å². The van der Waals surface area contributed by atoms with Crippen molar-refractivity contribution >= 4 is 5.91 Å². The van der Waals surface area contributed by atoms with Crippen molar-refractivity contribution in [2.75, 3.05) is 6.61 Å². The third-order valence-electron chi connectivity index (χ3n) is 2.70. The molecular formula is C10H17NO5. The third kappa shape index (κ3) is 2.06. The van der Waals surface area contributed by atoms with E-state index in [-0.39, 0.29) is 24.7 Å². The molecule has 4 atom stereocenters. The molecule has 0 spiro atoms. The molecule has 0 aromatic heterocycles. The summed E-state index contributed by atoms with van der Waals surface area (Å²) in [5.74, 6) is -0.895. The highest BCUT2D eigenvalue weighted by molar-refractivity contribution is 5.73. The van der Waals surface area contributed by atoms with Gasteiger partial charge in [0.05, 0.1) is 12.6 Å². The van der Waals surface area contributed by atoms with Crippen LogP contribution in [0.3, 0.4) is 0 Å². The van der Waals surface area contributed by atoms with Gasteiger partial charge < -0.3 is 24.6 Å². The Morgan fingerprint density at radius 2 is 2.12 bits per heavy atom. The predicted octanol–water partition coefficient (Wildman–Crippen LogP) is -0.640. The van der Waals surface area contributed by atoms with Crippen molar-refractivity contribution in [2.24, 2.45) is 0 Å². The molecule has 2 rings (SSSR count). The number of hydrogen-bond acceptors (Lipinski definition) is 5. The Kier molecular flexibility index (Phi) is 2.91. The van der Waals surface area contributed by atoms with Gasteiger partial charge in [0.25, 0.3) is 0 Å². The van der Waals surface area contributed by atoms with Crippen molar-refractivity contribution in [3.05, 3.63) is 0 Å². The summed E-state index contributed by atoms with van der Waals surface area (Å²) in [5, 5.41) is 11.9. The number of amides is 1. The summed E-state index contributed by atoms with van der Waals surface area (Å²) in [4.78, 5) is 11.1. The first kappa shape index (κ1) is 11.8. The zero-order valence-corrected chi connectivity index (χ0v) is 9.60. The standard InChI is InChI=1S/C10H17NO5/c1-5(13)11-7-6(4-12)14-9-8(7)15-10(2,3)16-9/h6-9,12H,4H2,1-3H3,(H,11,13)/t6-,7+,8-,9+/m1/s1. The summed E-state index contributed by atoms with van der Waals surface area (Å²) >= 11 is 0. The second-order valence-corrected chi connectivity index (χ2v) is 4.55. The lowest BCUT2D eigenvalue weighted by molar-refractivity contribution is -0.210. The van der Waals surface area contributed by atoms with Crippen LogP contribution in [0.5, 0.6) is 0 Å². The lowest BCUT2D eigenvalue weighted by atomic mass is 10.1. The minimum atomic E-state index is -0.716. The Balaban J connectivity index is 2.10. The maximum atomic E-state index is 11.1. The Morgan fingerprint density at radius 1 is 1.44 bits per heavy atom. The van der Waals surface area contributed by atoms with E-state index in [2.05, 4.69) is 5.32 Å². The van der Waals surface area contributed by atoms with Crippen LogP contribution in [-0.2, 0) is 19.0 Å². The van der Waals surface area contributed by atoms with Gasteiger partial charge in [0, 0.05) is 6.92 Å². The van der Waals surface area contributed by atoms with Gasteiger partial charge in [-0.25, -0.2) is 0 Å². The zero-order valence-electron chi connectivity index (χ0n) is 9.60. The van der Waals surface area contributed by atoms with Gasteiger partial charge in [-0.1, -0.05) is 0 Å². The largest absolute Gasteiger partial charge is 0.394 e. The molecule has 2 fully saturated rings. The van der Waals surface area contributed by atoms with Gasteiger partial charge in [0.15, 0.2) is 12.1 Å². The molecule has 0 unspecified atom stereocenters. The molecule has 0 radical (unpaired) electrons. The Labute approximate surface area is 93.9 Å². The van der Waals surface area contributed by atoms with Crippen molar-refractivity contribution in [2.45, 2.75) is 51.1 Å². The average molecular weight is 231 g/mol. The number of rotatable bonds is 2. The van der Waals surface area contributed by atoms with E-state index in [4.69, 9.17) is 19.3 Å². The van der Waals surface area contributed by atoms with Crippen molar-refractivity contribution in [3.8, 4) is 0 Å². The summed E-state index contributed by atoms with van der Waals surface area (Å²) < 4.78 is 16.6. The van der Waals surface area contributed by atoms with Gasteiger partial charge in [-0.05, 0) is 13.8 Å². The first-order valence-electron chi connectivity index (χ1n) is 5.32. The van der Waals surface area contributed by atoms with Crippen molar-refractivity contribution in [3.63, 3.8) is 0 Å². The molecule has 1 amide bonds. The maximum Gasteiger partial charge on any atom is 0.217 e. The molecular weight excluding hydrogens is 214 g/mol. The number of ether oxygens (including phenoxy) is 3. The van der Waals surface area contributed by atoms with Gasteiger partial charge in [-0.15, -0.1) is 0 Å². The summed E-state index contributed by atoms with van der Waals surface area (Å²) in [7, 11) is 0. The third-order valence-corrected chi connectivity index (χ3v) is 2.70. The molecule has 2 aliphatic rings. The van der Waals surface area contributed by atoms with E-state index in [0.717, 1.165) is 0 Å². The van der Waals surface area contributed by atoms with Crippen LogP contribution in [0.1, 0.15) is 20.8 Å². The number of carbonyl (C=O) groups excluding carboxylic acids is 1. The molecule has 2 aliphatic heterocycles. The topological polar surface area (TPSA) is 77.0 Å². The van der Waals surface area contributed by atoms with Crippen molar-refractivity contribution < 1.29 is 24.1 Å². The van der Waals surface area contributed by atoms with Crippen LogP contribution in [0.15, 0.2) is 0 Å². The van der Waals surface area contributed by atoms with Crippen molar-refractivity contribution in [1.82, 2.24) is 5.32 Å². The Morgan fingerprint density at radius 3 is 2.69 bits per heavy atom. The summed E-state index contributed by atoms with van der Waals surface area (Å²) in [6, 6.07) is -0.366. The molecule has 0 aliphatic carbocycles. The summed E-state index contributed by atoms with van der Waals surface area (Å²) in [5.41, 5.74) is 0. The molecule has 0 saturated carbocycles. The maximum absolute atomic E-state index is 11.1. The first-order valence-corrected chi connectivity index (χ1v) is 5.32. The lowest BCUT2D eigenvalue weighted by Crippen LogP contribution is -2.48. The number of carbonyl (C=O) groups is 1.